The quantitative estimate of drug-likeness (QED) is 0.620. The number of rotatable bonds is 4. The number of epoxide rings is 1. The molecule has 6 heteroatoms. The minimum atomic E-state index is -0.0590. The van der Waals surface area contributed by atoms with Crippen LogP contribution in [0.5, 0.6) is 11.5 Å². The van der Waals surface area contributed by atoms with Gasteiger partial charge in [0.05, 0.1) is 18.1 Å². The summed E-state index contributed by atoms with van der Waals surface area (Å²) in [6.45, 7) is 4.95. The molecular weight excluding hydrogens is 370 g/mol. The van der Waals surface area contributed by atoms with Crippen LogP contribution >= 0.6 is 0 Å². The standard InChI is InChI=1S/C23H29NO5/c1-22-5-2-6-23(12-28-23)20(22)8-15-16(21(25)29-19(15)9-22)11-24-10-14-3-4-17-18(7-14)27-13-26-17/h3-4,7,15-16,19-20,24H,2,5-6,8-13H2,1H3/t15-,16+,19+,20-,22+,23+/m0/s1. The predicted octanol–water partition coefficient (Wildman–Crippen LogP) is 3.03. The molecule has 4 fully saturated rings. The summed E-state index contributed by atoms with van der Waals surface area (Å²) in [5, 5.41) is 3.49. The Bertz CT molecular complexity index is 837. The van der Waals surface area contributed by atoms with Gasteiger partial charge in [-0.15, -0.1) is 0 Å². The van der Waals surface area contributed by atoms with Gasteiger partial charge in [0.1, 0.15) is 6.10 Å². The minimum Gasteiger partial charge on any atom is -0.462 e. The normalized spacial score (nSPS) is 41.8. The molecule has 0 aromatic heterocycles. The molecule has 3 aliphatic heterocycles. The molecule has 1 spiro atoms. The second-order valence-corrected chi connectivity index (χ2v) is 9.92. The number of fused-ring (bicyclic) bond motifs is 4. The fourth-order valence-electron chi connectivity index (χ4n) is 6.61. The van der Waals surface area contributed by atoms with Gasteiger partial charge in [0.2, 0.25) is 6.79 Å². The van der Waals surface area contributed by atoms with E-state index >= 15 is 0 Å². The van der Waals surface area contributed by atoms with Crippen LogP contribution in [0, 0.1) is 23.2 Å². The van der Waals surface area contributed by atoms with Crippen LogP contribution in [0.2, 0.25) is 0 Å². The van der Waals surface area contributed by atoms with E-state index in [-0.39, 0.29) is 35.8 Å². The molecule has 6 rings (SSSR count). The van der Waals surface area contributed by atoms with Crippen LogP contribution in [0.4, 0.5) is 0 Å². The molecule has 6 atom stereocenters. The lowest BCUT2D eigenvalue weighted by Gasteiger charge is -2.51. The number of carbonyl (C=O) groups is 1. The summed E-state index contributed by atoms with van der Waals surface area (Å²) < 4.78 is 22.7. The van der Waals surface area contributed by atoms with E-state index in [0.29, 0.717) is 24.9 Å². The molecule has 3 heterocycles. The van der Waals surface area contributed by atoms with Gasteiger partial charge in [-0.1, -0.05) is 13.0 Å². The lowest BCUT2D eigenvalue weighted by molar-refractivity contribution is -0.147. The molecule has 1 N–H and O–H groups in total. The number of ether oxygens (including phenoxy) is 4. The molecule has 0 radical (unpaired) electrons. The molecule has 0 amide bonds. The van der Waals surface area contributed by atoms with Gasteiger partial charge in [-0.05, 0) is 61.1 Å². The number of hydrogen-bond acceptors (Lipinski definition) is 6. The average molecular weight is 399 g/mol. The van der Waals surface area contributed by atoms with Gasteiger partial charge < -0.3 is 24.3 Å². The summed E-state index contributed by atoms with van der Waals surface area (Å²) in [6, 6.07) is 5.99. The number of nitrogens with one attached hydrogen (secondary N) is 1. The third-order valence-electron chi connectivity index (χ3n) is 8.21. The van der Waals surface area contributed by atoms with Crippen LogP contribution in [0.25, 0.3) is 0 Å². The van der Waals surface area contributed by atoms with Gasteiger partial charge in [0.15, 0.2) is 11.5 Å². The zero-order valence-corrected chi connectivity index (χ0v) is 16.9. The van der Waals surface area contributed by atoms with Crippen LogP contribution in [0.1, 0.15) is 44.6 Å². The Morgan fingerprint density at radius 2 is 2.07 bits per heavy atom. The predicted molar refractivity (Wildman–Crippen MR) is 104 cm³/mol. The third-order valence-corrected chi connectivity index (χ3v) is 8.21. The van der Waals surface area contributed by atoms with Crippen molar-refractivity contribution in [2.75, 3.05) is 19.9 Å². The summed E-state index contributed by atoms with van der Waals surface area (Å²) in [7, 11) is 0. The Morgan fingerprint density at radius 3 is 2.93 bits per heavy atom. The Labute approximate surface area is 171 Å². The highest BCUT2D eigenvalue weighted by Crippen LogP contribution is 2.62. The van der Waals surface area contributed by atoms with Crippen molar-refractivity contribution in [1.29, 1.82) is 0 Å². The minimum absolute atomic E-state index is 0.0220. The smallest absolute Gasteiger partial charge is 0.310 e. The van der Waals surface area contributed by atoms with E-state index in [0.717, 1.165) is 36.5 Å². The lowest BCUT2D eigenvalue weighted by Crippen LogP contribution is -2.51. The summed E-state index contributed by atoms with van der Waals surface area (Å²) >= 11 is 0. The number of benzene rings is 1. The monoisotopic (exact) mass is 399 g/mol. The molecule has 0 bridgehead atoms. The molecular formula is C23H29NO5. The summed E-state index contributed by atoms with van der Waals surface area (Å²) in [5.41, 5.74) is 1.49. The first kappa shape index (κ1) is 18.0. The van der Waals surface area contributed by atoms with Crippen LogP contribution < -0.4 is 14.8 Å². The van der Waals surface area contributed by atoms with Crippen LogP contribution in [-0.4, -0.2) is 37.6 Å². The second kappa shape index (κ2) is 6.35. The average Bonchev–Trinajstić information content (AvgIpc) is 3.18. The molecule has 2 saturated heterocycles. The van der Waals surface area contributed by atoms with E-state index < -0.39 is 0 Å². The maximum atomic E-state index is 12.7. The third kappa shape index (κ3) is 2.87. The summed E-state index contributed by atoms with van der Waals surface area (Å²) in [5.74, 6) is 2.38. The molecule has 2 aliphatic carbocycles. The van der Waals surface area contributed by atoms with Gasteiger partial charge in [-0.25, -0.2) is 0 Å². The van der Waals surface area contributed by atoms with Crippen molar-refractivity contribution in [1.82, 2.24) is 5.32 Å². The van der Waals surface area contributed by atoms with Gasteiger partial charge in [0, 0.05) is 19.0 Å². The van der Waals surface area contributed by atoms with E-state index in [1.165, 1.54) is 19.3 Å². The SMILES string of the molecule is C[C@]12CCC[C@@]3(CO3)[C@H]1C[C@@H]1[C@@H](C2)OC(=O)[C@@H]1CNCc1ccc2c(c1)OCO2. The molecule has 0 unspecified atom stereocenters. The van der Waals surface area contributed by atoms with Gasteiger partial charge in [0.25, 0.3) is 0 Å². The maximum Gasteiger partial charge on any atom is 0.310 e. The van der Waals surface area contributed by atoms with Crippen molar-refractivity contribution in [2.45, 2.75) is 57.3 Å². The van der Waals surface area contributed by atoms with Crippen molar-refractivity contribution < 1.29 is 23.7 Å². The molecule has 1 aromatic carbocycles. The van der Waals surface area contributed by atoms with Crippen molar-refractivity contribution in [3.8, 4) is 11.5 Å². The highest BCUT2D eigenvalue weighted by molar-refractivity contribution is 5.75. The molecule has 2 saturated carbocycles. The number of esters is 1. The zero-order chi connectivity index (χ0) is 19.6. The first-order valence-electron chi connectivity index (χ1n) is 11.0. The Morgan fingerprint density at radius 1 is 1.21 bits per heavy atom. The highest BCUT2D eigenvalue weighted by atomic mass is 16.7. The summed E-state index contributed by atoms with van der Waals surface area (Å²) in [6.07, 6.45) is 5.79. The van der Waals surface area contributed by atoms with Gasteiger partial charge in [-0.2, -0.15) is 0 Å². The van der Waals surface area contributed by atoms with E-state index in [2.05, 4.69) is 12.2 Å². The fourth-order valence-corrected chi connectivity index (χ4v) is 6.61. The first-order valence-corrected chi connectivity index (χ1v) is 11.0. The Hall–Kier alpha value is -1.79. The van der Waals surface area contributed by atoms with Crippen LogP contribution in [-0.2, 0) is 20.8 Å². The number of hydrogen-bond donors (Lipinski definition) is 1. The largest absolute Gasteiger partial charge is 0.462 e. The van der Waals surface area contributed by atoms with Gasteiger partial charge in [-0.3, -0.25) is 4.79 Å². The van der Waals surface area contributed by atoms with Crippen molar-refractivity contribution in [3.63, 3.8) is 0 Å². The van der Waals surface area contributed by atoms with Crippen molar-refractivity contribution in [2.24, 2.45) is 23.2 Å². The second-order valence-electron chi connectivity index (χ2n) is 9.92. The topological polar surface area (TPSA) is 69.3 Å². The Balaban J connectivity index is 1.13. The Kier molecular flexibility index (Phi) is 3.95. The van der Waals surface area contributed by atoms with E-state index in [9.17, 15) is 4.79 Å². The van der Waals surface area contributed by atoms with E-state index in [1.807, 2.05) is 18.2 Å². The van der Waals surface area contributed by atoms with Crippen LogP contribution in [0.3, 0.4) is 0 Å². The van der Waals surface area contributed by atoms with Crippen LogP contribution in [0.15, 0.2) is 18.2 Å². The zero-order valence-electron chi connectivity index (χ0n) is 16.9. The summed E-state index contributed by atoms with van der Waals surface area (Å²) in [4.78, 5) is 12.7. The first-order chi connectivity index (χ1) is 14.1. The molecule has 156 valence electrons. The highest BCUT2D eigenvalue weighted by Gasteiger charge is 2.64. The molecule has 6 nitrogen and oxygen atoms in total. The fraction of sp³-hybridized carbons (Fsp3) is 0.696. The van der Waals surface area contributed by atoms with E-state index in [1.54, 1.807) is 0 Å². The molecule has 5 aliphatic rings. The lowest BCUT2D eigenvalue weighted by atomic mass is 9.53. The van der Waals surface area contributed by atoms with Crippen molar-refractivity contribution in [3.05, 3.63) is 23.8 Å². The maximum absolute atomic E-state index is 12.7. The van der Waals surface area contributed by atoms with E-state index in [4.69, 9.17) is 18.9 Å². The molecule has 29 heavy (non-hydrogen) atoms. The number of carbonyl (C=O) groups excluding carboxylic acids is 1. The van der Waals surface area contributed by atoms with Crippen molar-refractivity contribution >= 4 is 5.97 Å². The molecule has 1 aromatic rings. The van der Waals surface area contributed by atoms with Gasteiger partial charge >= 0.3 is 5.97 Å².